The molecule has 0 aliphatic rings. The lowest BCUT2D eigenvalue weighted by Crippen LogP contribution is -2.32. The van der Waals surface area contributed by atoms with E-state index in [0.717, 1.165) is 6.54 Å². The molecule has 1 aromatic carbocycles. The number of likely N-dealkylation sites (N-methyl/N-ethyl adjacent to an activating group) is 1. The fourth-order valence-corrected chi connectivity index (χ4v) is 1.30. The van der Waals surface area contributed by atoms with E-state index in [1.165, 1.54) is 5.56 Å². The van der Waals surface area contributed by atoms with Crippen molar-refractivity contribution in [3.63, 3.8) is 0 Å². The molecule has 1 atom stereocenters. The molecule has 0 bridgehead atoms. The molecule has 2 nitrogen and oxygen atoms in total. The van der Waals surface area contributed by atoms with Crippen LogP contribution in [0.25, 0.3) is 0 Å². The predicted molar refractivity (Wildman–Crippen MR) is 57.6 cm³/mol. The van der Waals surface area contributed by atoms with E-state index in [1.54, 1.807) is 0 Å². The van der Waals surface area contributed by atoms with Crippen LogP contribution in [0.3, 0.4) is 0 Å². The van der Waals surface area contributed by atoms with Crippen molar-refractivity contribution in [2.75, 3.05) is 13.7 Å². The van der Waals surface area contributed by atoms with Crippen LogP contribution >= 0.6 is 0 Å². The highest BCUT2D eigenvalue weighted by Gasteiger charge is 2.09. The third-order valence-electron chi connectivity index (χ3n) is 2.17. The molecule has 0 saturated carbocycles. The molecule has 2 heteroatoms. The summed E-state index contributed by atoms with van der Waals surface area (Å²) in [4.78, 5) is 1.95. The SMILES string of the molecule is C#CC(CO)N(C)Cc1ccccc1. The largest absolute Gasteiger partial charge is 0.394 e. The Hall–Kier alpha value is -1.30. The summed E-state index contributed by atoms with van der Waals surface area (Å²) < 4.78 is 0. The van der Waals surface area contributed by atoms with E-state index >= 15 is 0 Å². The molecule has 0 radical (unpaired) electrons. The Bertz CT molecular complexity index is 302. The number of benzene rings is 1. The zero-order chi connectivity index (χ0) is 10.4. The van der Waals surface area contributed by atoms with Gasteiger partial charge in [0.25, 0.3) is 0 Å². The Morgan fingerprint density at radius 2 is 2.07 bits per heavy atom. The van der Waals surface area contributed by atoms with Crippen molar-refractivity contribution >= 4 is 0 Å². The van der Waals surface area contributed by atoms with Crippen LogP contribution in [0.2, 0.25) is 0 Å². The van der Waals surface area contributed by atoms with Crippen molar-refractivity contribution in [3.05, 3.63) is 35.9 Å². The van der Waals surface area contributed by atoms with E-state index < -0.39 is 0 Å². The summed E-state index contributed by atoms with van der Waals surface area (Å²) in [5, 5.41) is 8.99. The van der Waals surface area contributed by atoms with Crippen molar-refractivity contribution in [1.29, 1.82) is 0 Å². The minimum Gasteiger partial charge on any atom is -0.394 e. The summed E-state index contributed by atoms with van der Waals surface area (Å²) in [5.41, 5.74) is 1.20. The first-order valence-electron chi connectivity index (χ1n) is 4.59. The Morgan fingerprint density at radius 1 is 1.43 bits per heavy atom. The molecule has 0 fully saturated rings. The summed E-state index contributed by atoms with van der Waals surface area (Å²) in [5.74, 6) is 2.55. The van der Waals surface area contributed by atoms with Gasteiger partial charge in [-0.15, -0.1) is 6.42 Å². The van der Waals surface area contributed by atoms with E-state index in [-0.39, 0.29) is 12.6 Å². The molecule has 0 spiro atoms. The lowest BCUT2D eigenvalue weighted by atomic mass is 10.2. The first-order valence-corrected chi connectivity index (χ1v) is 4.59. The van der Waals surface area contributed by atoms with E-state index in [2.05, 4.69) is 5.92 Å². The third kappa shape index (κ3) is 2.88. The molecule has 0 aliphatic carbocycles. The van der Waals surface area contributed by atoms with Gasteiger partial charge in [0.15, 0.2) is 0 Å². The van der Waals surface area contributed by atoms with Crippen LogP contribution in [0.1, 0.15) is 5.56 Å². The Kier molecular flexibility index (Phi) is 4.18. The van der Waals surface area contributed by atoms with E-state index in [1.807, 2.05) is 42.3 Å². The van der Waals surface area contributed by atoms with Crippen LogP contribution in [0.4, 0.5) is 0 Å². The standard InChI is InChI=1S/C12H15NO/c1-3-12(10-14)13(2)9-11-7-5-4-6-8-11/h1,4-8,12,14H,9-10H2,2H3. The maximum Gasteiger partial charge on any atom is 0.0946 e. The quantitative estimate of drug-likeness (QED) is 0.717. The number of terminal acetylenes is 1. The predicted octanol–water partition coefficient (Wildman–Crippen LogP) is 1.11. The Labute approximate surface area is 85.2 Å². The Balaban J connectivity index is 2.57. The van der Waals surface area contributed by atoms with E-state index in [0.29, 0.717) is 0 Å². The molecule has 0 saturated heterocycles. The molecule has 0 aromatic heterocycles. The van der Waals surface area contributed by atoms with Gasteiger partial charge < -0.3 is 5.11 Å². The number of aliphatic hydroxyl groups is 1. The monoisotopic (exact) mass is 189 g/mol. The normalized spacial score (nSPS) is 12.4. The first kappa shape index (κ1) is 10.8. The molecule has 1 rings (SSSR count). The van der Waals surface area contributed by atoms with E-state index in [4.69, 9.17) is 11.5 Å². The second kappa shape index (κ2) is 5.43. The average Bonchev–Trinajstić information content (AvgIpc) is 2.21. The van der Waals surface area contributed by atoms with Gasteiger partial charge in [-0.2, -0.15) is 0 Å². The fraction of sp³-hybridized carbons (Fsp3) is 0.333. The first-order chi connectivity index (χ1) is 6.77. The number of rotatable bonds is 4. The van der Waals surface area contributed by atoms with Crippen LogP contribution in [-0.2, 0) is 6.54 Å². The van der Waals surface area contributed by atoms with Crippen LogP contribution in [-0.4, -0.2) is 29.7 Å². The molecular formula is C12H15NO. The summed E-state index contributed by atoms with van der Waals surface area (Å²) in [7, 11) is 1.91. The molecule has 0 aliphatic heterocycles. The van der Waals surface area contributed by atoms with Gasteiger partial charge in [-0.3, -0.25) is 4.90 Å². The zero-order valence-corrected chi connectivity index (χ0v) is 8.35. The topological polar surface area (TPSA) is 23.5 Å². The summed E-state index contributed by atoms with van der Waals surface area (Å²) in [6.07, 6.45) is 5.29. The van der Waals surface area contributed by atoms with Crippen LogP contribution in [0, 0.1) is 12.3 Å². The van der Waals surface area contributed by atoms with Gasteiger partial charge >= 0.3 is 0 Å². The second-order valence-corrected chi connectivity index (χ2v) is 3.27. The highest BCUT2D eigenvalue weighted by Crippen LogP contribution is 2.05. The zero-order valence-electron chi connectivity index (χ0n) is 8.35. The highest BCUT2D eigenvalue weighted by atomic mass is 16.3. The number of hydrogen-bond acceptors (Lipinski definition) is 2. The molecule has 74 valence electrons. The van der Waals surface area contributed by atoms with Crippen LogP contribution < -0.4 is 0 Å². The molecule has 14 heavy (non-hydrogen) atoms. The van der Waals surface area contributed by atoms with Crippen molar-refractivity contribution in [3.8, 4) is 12.3 Å². The average molecular weight is 189 g/mol. The van der Waals surface area contributed by atoms with Crippen molar-refractivity contribution in [1.82, 2.24) is 4.90 Å². The summed E-state index contributed by atoms with van der Waals surface area (Å²) in [6, 6.07) is 9.85. The lowest BCUT2D eigenvalue weighted by Gasteiger charge is -2.21. The molecule has 1 N–H and O–H groups in total. The van der Waals surface area contributed by atoms with Gasteiger partial charge in [0.2, 0.25) is 0 Å². The molecule has 0 heterocycles. The number of hydrogen-bond donors (Lipinski definition) is 1. The van der Waals surface area contributed by atoms with Crippen LogP contribution in [0.15, 0.2) is 30.3 Å². The van der Waals surface area contributed by atoms with E-state index in [9.17, 15) is 0 Å². The minimum absolute atomic E-state index is 0.000165. The number of nitrogens with zero attached hydrogens (tertiary/aromatic N) is 1. The second-order valence-electron chi connectivity index (χ2n) is 3.27. The highest BCUT2D eigenvalue weighted by molar-refractivity contribution is 5.15. The maximum absolute atomic E-state index is 8.99. The number of aliphatic hydroxyl groups excluding tert-OH is 1. The Morgan fingerprint density at radius 3 is 2.57 bits per heavy atom. The van der Waals surface area contributed by atoms with Crippen molar-refractivity contribution < 1.29 is 5.11 Å². The van der Waals surface area contributed by atoms with Crippen molar-refractivity contribution in [2.24, 2.45) is 0 Å². The third-order valence-corrected chi connectivity index (χ3v) is 2.17. The van der Waals surface area contributed by atoms with Gasteiger partial charge in [0, 0.05) is 6.54 Å². The minimum atomic E-state index is -0.199. The maximum atomic E-state index is 8.99. The van der Waals surface area contributed by atoms with Gasteiger partial charge in [-0.25, -0.2) is 0 Å². The smallest absolute Gasteiger partial charge is 0.0946 e. The molecule has 0 amide bonds. The van der Waals surface area contributed by atoms with Gasteiger partial charge in [0.05, 0.1) is 12.6 Å². The lowest BCUT2D eigenvalue weighted by molar-refractivity contribution is 0.178. The van der Waals surface area contributed by atoms with Crippen molar-refractivity contribution in [2.45, 2.75) is 12.6 Å². The van der Waals surface area contributed by atoms with Gasteiger partial charge in [-0.1, -0.05) is 36.3 Å². The molecule has 1 aromatic rings. The van der Waals surface area contributed by atoms with Gasteiger partial charge in [-0.05, 0) is 12.6 Å². The summed E-state index contributed by atoms with van der Waals surface area (Å²) in [6.45, 7) is 0.760. The van der Waals surface area contributed by atoms with Gasteiger partial charge in [0.1, 0.15) is 0 Å². The molecular weight excluding hydrogens is 174 g/mol. The molecule has 1 unspecified atom stereocenters. The fourth-order valence-electron chi connectivity index (χ4n) is 1.30. The summed E-state index contributed by atoms with van der Waals surface area (Å²) >= 11 is 0. The van der Waals surface area contributed by atoms with Crippen LogP contribution in [0.5, 0.6) is 0 Å².